The number of benzene rings is 1. The number of nitrogens with zero attached hydrogens (tertiary/aromatic N) is 2. The van der Waals surface area contributed by atoms with Crippen LogP contribution in [0.1, 0.15) is 29.8 Å². The predicted molar refractivity (Wildman–Crippen MR) is 98.0 cm³/mol. The quantitative estimate of drug-likeness (QED) is 0.767. The fraction of sp³-hybridized carbons (Fsp3) is 0.450. The maximum atomic E-state index is 13.9. The standard InChI is InChI=1S/C20H21F2N3O4/c21-13-2-1-3-14(22)18(13)17-8-16(24-29-17)19(26)23-15-6-7-25(9-11-4-5-11)10-12(15)20(27)28/h1-3,8,11-12,15H,4-7,9-10H2,(H,23,26)(H,27,28). The van der Waals surface area contributed by atoms with Gasteiger partial charge in [-0.2, -0.15) is 0 Å². The van der Waals surface area contributed by atoms with E-state index in [4.69, 9.17) is 4.52 Å². The summed E-state index contributed by atoms with van der Waals surface area (Å²) in [5.74, 6) is -3.55. The smallest absolute Gasteiger partial charge is 0.309 e. The summed E-state index contributed by atoms with van der Waals surface area (Å²) in [6.07, 6.45) is 2.87. The Morgan fingerprint density at radius 1 is 1.24 bits per heavy atom. The normalized spacial score (nSPS) is 22.4. The van der Waals surface area contributed by atoms with Crippen molar-refractivity contribution in [3.63, 3.8) is 0 Å². The highest BCUT2D eigenvalue weighted by atomic mass is 19.1. The zero-order valence-corrected chi connectivity index (χ0v) is 15.6. The van der Waals surface area contributed by atoms with Crippen LogP contribution in [0.25, 0.3) is 11.3 Å². The molecule has 2 aromatic rings. The minimum absolute atomic E-state index is 0.160. The molecule has 1 saturated heterocycles. The molecule has 2 fully saturated rings. The summed E-state index contributed by atoms with van der Waals surface area (Å²) in [5, 5.41) is 15.9. The number of aromatic nitrogens is 1. The fourth-order valence-corrected chi connectivity index (χ4v) is 3.75. The number of hydrogen-bond acceptors (Lipinski definition) is 5. The van der Waals surface area contributed by atoms with E-state index in [0.717, 1.165) is 24.7 Å². The minimum atomic E-state index is -0.968. The molecule has 2 aliphatic rings. The maximum absolute atomic E-state index is 13.9. The first-order valence-electron chi connectivity index (χ1n) is 9.59. The molecular formula is C20H21F2N3O4. The van der Waals surface area contributed by atoms with Gasteiger partial charge in [-0.05, 0) is 37.3 Å². The molecule has 7 nitrogen and oxygen atoms in total. The van der Waals surface area contributed by atoms with Crippen molar-refractivity contribution in [1.29, 1.82) is 0 Å². The van der Waals surface area contributed by atoms with E-state index in [2.05, 4.69) is 15.4 Å². The van der Waals surface area contributed by atoms with Crippen molar-refractivity contribution in [2.45, 2.75) is 25.3 Å². The Bertz CT molecular complexity index is 908. The molecular weight excluding hydrogens is 384 g/mol. The largest absolute Gasteiger partial charge is 0.481 e. The summed E-state index contributed by atoms with van der Waals surface area (Å²) in [4.78, 5) is 26.4. The van der Waals surface area contributed by atoms with Gasteiger partial charge in [0.15, 0.2) is 11.5 Å². The van der Waals surface area contributed by atoms with Gasteiger partial charge in [0.25, 0.3) is 5.91 Å². The second-order valence-corrected chi connectivity index (χ2v) is 7.69. The Hall–Kier alpha value is -2.81. The van der Waals surface area contributed by atoms with Crippen LogP contribution in [0, 0.1) is 23.5 Å². The van der Waals surface area contributed by atoms with E-state index >= 15 is 0 Å². The molecule has 9 heteroatoms. The number of carboxylic acids is 1. The summed E-state index contributed by atoms with van der Waals surface area (Å²) in [6.45, 7) is 1.97. The molecule has 0 bridgehead atoms. The van der Waals surface area contributed by atoms with Crippen LogP contribution >= 0.6 is 0 Å². The van der Waals surface area contributed by atoms with Crippen molar-refractivity contribution in [3.8, 4) is 11.3 Å². The number of likely N-dealkylation sites (tertiary alicyclic amines) is 1. The number of piperidine rings is 1. The average molecular weight is 405 g/mol. The van der Waals surface area contributed by atoms with Crippen LogP contribution < -0.4 is 5.32 Å². The molecule has 1 aromatic carbocycles. The summed E-state index contributed by atoms with van der Waals surface area (Å²) in [6, 6.07) is 3.97. The number of carbonyl (C=O) groups is 2. The Morgan fingerprint density at radius 3 is 2.62 bits per heavy atom. The fourth-order valence-electron chi connectivity index (χ4n) is 3.75. The molecule has 0 radical (unpaired) electrons. The van der Waals surface area contributed by atoms with E-state index in [0.29, 0.717) is 25.4 Å². The van der Waals surface area contributed by atoms with Gasteiger partial charge in [0.05, 0.1) is 11.5 Å². The summed E-state index contributed by atoms with van der Waals surface area (Å²) in [7, 11) is 0. The number of nitrogens with one attached hydrogen (secondary N) is 1. The highest BCUT2D eigenvalue weighted by Gasteiger charge is 2.37. The van der Waals surface area contributed by atoms with E-state index < -0.39 is 41.0 Å². The zero-order chi connectivity index (χ0) is 20.5. The second-order valence-electron chi connectivity index (χ2n) is 7.69. The van der Waals surface area contributed by atoms with Gasteiger partial charge in [0.1, 0.15) is 11.6 Å². The predicted octanol–water partition coefficient (Wildman–Crippen LogP) is 2.53. The van der Waals surface area contributed by atoms with E-state index in [9.17, 15) is 23.5 Å². The third kappa shape index (κ3) is 4.29. The molecule has 4 rings (SSSR count). The molecule has 2 heterocycles. The number of amides is 1. The van der Waals surface area contributed by atoms with Crippen molar-refractivity contribution < 1.29 is 28.0 Å². The Morgan fingerprint density at radius 2 is 1.97 bits per heavy atom. The van der Waals surface area contributed by atoms with Gasteiger partial charge in [-0.3, -0.25) is 9.59 Å². The molecule has 1 amide bonds. The van der Waals surface area contributed by atoms with E-state index in [1.807, 2.05) is 0 Å². The third-order valence-electron chi connectivity index (χ3n) is 5.50. The van der Waals surface area contributed by atoms with Gasteiger partial charge in [0.2, 0.25) is 0 Å². The van der Waals surface area contributed by atoms with E-state index in [1.54, 1.807) is 0 Å². The summed E-state index contributed by atoms with van der Waals surface area (Å²) < 4.78 is 32.7. The molecule has 29 heavy (non-hydrogen) atoms. The molecule has 1 aliphatic carbocycles. The van der Waals surface area contributed by atoms with Crippen LogP contribution in [0.2, 0.25) is 0 Å². The van der Waals surface area contributed by atoms with Crippen molar-refractivity contribution in [2.75, 3.05) is 19.6 Å². The first-order chi connectivity index (χ1) is 13.9. The van der Waals surface area contributed by atoms with Crippen LogP contribution in [-0.4, -0.2) is 52.7 Å². The highest BCUT2D eigenvalue weighted by Crippen LogP contribution is 2.31. The van der Waals surface area contributed by atoms with Gasteiger partial charge in [-0.25, -0.2) is 8.78 Å². The number of carboxylic acid groups (broad SMARTS) is 1. The van der Waals surface area contributed by atoms with Gasteiger partial charge in [-0.1, -0.05) is 11.2 Å². The number of rotatable bonds is 6. The Kier molecular flexibility index (Phi) is 5.31. The third-order valence-corrected chi connectivity index (χ3v) is 5.50. The van der Waals surface area contributed by atoms with Gasteiger partial charge < -0.3 is 19.8 Å². The van der Waals surface area contributed by atoms with Gasteiger partial charge in [0, 0.05) is 31.7 Å². The molecule has 2 N–H and O–H groups in total. The highest BCUT2D eigenvalue weighted by molar-refractivity contribution is 5.93. The number of hydrogen-bond donors (Lipinski definition) is 2. The van der Waals surface area contributed by atoms with E-state index in [1.165, 1.54) is 18.9 Å². The lowest BCUT2D eigenvalue weighted by molar-refractivity contribution is -0.144. The lowest BCUT2D eigenvalue weighted by Crippen LogP contribution is -2.53. The minimum Gasteiger partial charge on any atom is -0.481 e. The SMILES string of the molecule is O=C(NC1CCN(CC2CC2)CC1C(=O)O)c1cc(-c2c(F)cccc2F)on1. The molecule has 2 unspecified atom stereocenters. The summed E-state index contributed by atoms with van der Waals surface area (Å²) >= 11 is 0. The Labute approximate surface area is 165 Å². The van der Waals surface area contributed by atoms with Crippen LogP contribution in [0.15, 0.2) is 28.8 Å². The summed E-state index contributed by atoms with van der Waals surface area (Å²) in [5.41, 5.74) is -0.567. The zero-order valence-electron chi connectivity index (χ0n) is 15.6. The van der Waals surface area contributed by atoms with Crippen LogP contribution in [-0.2, 0) is 4.79 Å². The topological polar surface area (TPSA) is 95.7 Å². The van der Waals surface area contributed by atoms with Crippen molar-refractivity contribution in [2.24, 2.45) is 11.8 Å². The number of aliphatic carboxylic acids is 1. The molecule has 154 valence electrons. The first-order valence-corrected chi connectivity index (χ1v) is 9.59. The van der Waals surface area contributed by atoms with Crippen LogP contribution in [0.4, 0.5) is 8.78 Å². The van der Waals surface area contributed by atoms with Gasteiger partial charge in [-0.15, -0.1) is 0 Å². The maximum Gasteiger partial charge on any atom is 0.309 e. The molecule has 1 saturated carbocycles. The molecule has 1 aliphatic heterocycles. The van der Waals surface area contributed by atoms with Crippen molar-refractivity contribution >= 4 is 11.9 Å². The number of carbonyl (C=O) groups excluding carboxylic acids is 1. The molecule has 2 atom stereocenters. The second kappa shape index (κ2) is 7.90. The van der Waals surface area contributed by atoms with Crippen molar-refractivity contribution in [3.05, 3.63) is 41.6 Å². The monoisotopic (exact) mass is 405 g/mol. The Balaban J connectivity index is 1.45. The lowest BCUT2D eigenvalue weighted by atomic mass is 9.91. The first kappa shape index (κ1) is 19.5. The van der Waals surface area contributed by atoms with Crippen LogP contribution in [0.5, 0.6) is 0 Å². The van der Waals surface area contributed by atoms with Crippen molar-refractivity contribution in [1.82, 2.24) is 15.4 Å². The van der Waals surface area contributed by atoms with Gasteiger partial charge >= 0.3 is 5.97 Å². The van der Waals surface area contributed by atoms with Crippen LogP contribution in [0.3, 0.4) is 0 Å². The number of halogens is 2. The molecule has 0 spiro atoms. The molecule has 1 aromatic heterocycles. The average Bonchev–Trinajstić information content (AvgIpc) is 3.36. The van der Waals surface area contributed by atoms with E-state index in [-0.39, 0.29) is 11.5 Å². The lowest BCUT2D eigenvalue weighted by Gasteiger charge is -2.36.